The second kappa shape index (κ2) is 4.94. The molecule has 0 atom stereocenters. The third-order valence-corrected chi connectivity index (χ3v) is 2.84. The summed E-state index contributed by atoms with van der Waals surface area (Å²) in [6.45, 7) is 0.839. The molecule has 1 aromatic carbocycles. The third-order valence-electron chi connectivity index (χ3n) is 2.84. The lowest BCUT2D eigenvalue weighted by Crippen LogP contribution is -2.25. The fourth-order valence-electron chi connectivity index (χ4n) is 1.83. The van der Waals surface area contributed by atoms with Crippen LogP contribution in [0.4, 0.5) is 0 Å². The van der Waals surface area contributed by atoms with Crippen molar-refractivity contribution in [2.75, 3.05) is 0 Å². The van der Waals surface area contributed by atoms with Crippen molar-refractivity contribution in [3.63, 3.8) is 0 Å². The Hall–Kier alpha value is -1.61. The molecule has 3 nitrogen and oxygen atoms in total. The first-order valence-corrected chi connectivity index (χ1v) is 5.53. The lowest BCUT2D eigenvalue weighted by Gasteiger charge is -2.11. The number of hydrogen-bond donors (Lipinski definition) is 2. The van der Waals surface area contributed by atoms with Crippen molar-refractivity contribution in [3.05, 3.63) is 47.5 Å². The lowest BCUT2D eigenvalue weighted by molar-refractivity contribution is 0.100. The number of rotatable bonds is 4. The predicted octanol–water partition coefficient (Wildman–Crippen LogP) is 1.59. The molecule has 0 heterocycles. The zero-order valence-corrected chi connectivity index (χ0v) is 9.15. The molecule has 1 aliphatic rings. The van der Waals surface area contributed by atoms with Gasteiger partial charge in [-0.05, 0) is 30.5 Å². The average molecular weight is 216 g/mol. The molecule has 0 bridgehead atoms. The van der Waals surface area contributed by atoms with Crippen LogP contribution in [0.1, 0.15) is 28.8 Å². The number of nitrogens with one attached hydrogen (secondary N) is 1. The van der Waals surface area contributed by atoms with Gasteiger partial charge in [-0.25, -0.2) is 0 Å². The third kappa shape index (κ3) is 2.70. The van der Waals surface area contributed by atoms with Crippen molar-refractivity contribution in [1.29, 1.82) is 0 Å². The van der Waals surface area contributed by atoms with Gasteiger partial charge in [-0.3, -0.25) is 4.79 Å². The first-order valence-electron chi connectivity index (χ1n) is 5.53. The van der Waals surface area contributed by atoms with Crippen molar-refractivity contribution in [1.82, 2.24) is 5.32 Å². The van der Waals surface area contributed by atoms with Crippen molar-refractivity contribution >= 4 is 5.91 Å². The molecular formula is C13H16N2O. The maximum Gasteiger partial charge on any atom is 0.248 e. The van der Waals surface area contributed by atoms with Gasteiger partial charge < -0.3 is 11.1 Å². The summed E-state index contributed by atoms with van der Waals surface area (Å²) in [5, 5.41) is 3.47. The minimum absolute atomic E-state index is 0.375. The van der Waals surface area contributed by atoms with Gasteiger partial charge in [0.05, 0.1) is 0 Å². The first-order chi connectivity index (χ1) is 7.75. The Morgan fingerprint density at radius 1 is 1.25 bits per heavy atom. The molecule has 0 aromatic heterocycles. The van der Waals surface area contributed by atoms with Crippen LogP contribution in [0.3, 0.4) is 0 Å². The van der Waals surface area contributed by atoms with Gasteiger partial charge in [0.15, 0.2) is 0 Å². The highest BCUT2D eigenvalue weighted by Crippen LogP contribution is 2.10. The van der Waals surface area contributed by atoms with Gasteiger partial charge in [0.2, 0.25) is 5.91 Å². The smallest absolute Gasteiger partial charge is 0.248 e. The van der Waals surface area contributed by atoms with E-state index in [1.807, 2.05) is 12.1 Å². The summed E-state index contributed by atoms with van der Waals surface area (Å²) in [5.74, 6) is -0.375. The van der Waals surface area contributed by atoms with Crippen LogP contribution in [-0.2, 0) is 6.54 Å². The molecule has 0 fully saturated rings. The summed E-state index contributed by atoms with van der Waals surface area (Å²) in [4.78, 5) is 10.9. The Morgan fingerprint density at radius 3 is 2.44 bits per heavy atom. The molecule has 0 saturated heterocycles. The molecule has 2 rings (SSSR count). The predicted molar refractivity (Wildman–Crippen MR) is 64.0 cm³/mol. The van der Waals surface area contributed by atoms with Crippen LogP contribution in [-0.4, -0.2) is 11.9 Å². The fourth-order valence-corrected chi connectivity index (χ4v) is 1.83. The molecule has 0 radical (unpaired) electrons. The standard InChI is InChI=1S/C13H16N2O/c14-13(16)11-7-5-10(6-8-11)9-15-12-3-1-2-4-12/h1-2,5-8,12,15H,3-4,9H2,(H2,14,16). The monoisotopic (exact) mass is 216 g/mol. The highest BCUT2D eigenvalue weighted by Gasteiger charge is 2.08. The molecule has 1 aromatic rings. The van der Waals surface area contributed by atoms with Gasteiger partial charge in [0.1, 0.15) is 0 Å². The normalized spacial score (nSPS) is 15.5. The molecule has 0 spiro atoms. The largest absolute Gasteiger partial charge is 0.366 e. The highest BCUT2D eigenvalue weighted by atomic mass is 16.1. The fraction of sp³-hybridized carbons (Fsp3) is 0.308. The van der Waals surface area contributed by atoms with E-state index in [9.17, 15) is 4.79 Å². The number of carbonyl (C=O) groups is 1. The molecule has 0 aliphatic heterocycles. The van der Waals surface area contributed by atoms with Gasteiger partial charge in [-0.15, -0.1) is 0 Å². The Kier molecular flexibility index (Phi) is 3.37. The Balaban J connectivity index is 1.87. The SMILES string of the molecule is NC(=O)c1ccc(CNC2CC=CC2)cc1. The minimum atomic E-state index is -0.375. The van der Waals surface area contributed by atoms with E-state index in [2.05, 4.69) is 17.5 Å². The van der Waals surface area contributed by atoms with E-state index in [1.165, 1.54) is 5.56 Å². The quantitative estimate of drug-likeness (QED) is 0.751. The summed E-state index contributed by atoms with van der Waals surface area (Å²) in [6, 6.07) is 7.99. The van der Waals surface area contributed by atoms with Crippen LogP contribution in [0.2, 0.25) is 0 Å². The van der Waals surface area contributed by atoms with Crippen LogP contribution in [0.15, 0.2) is 36.4 Å². The van der Waals surface area contributed by atoms with Crippen molar-refractivity contribution in [2.45, 2.75) is 25.4 Å². The number of carbonyl (C=O) groups excluding carboxylic acids is 1. The zero-order chi connectivity index (χ0) is 11.4. The molecule has 0 unspecified atom stereocenters. The van der Waals surface area contributed by atoms with E-state index in [-0.39, 0.29) is 5.91 Å². The van der Waals surface area contributed by atoms with Crippen molar-refractivity contribution < 1.29 is 4.79 Å². The maximum atomic E-state index is 10.9. The molecule has 0 saturated carbocycles. The molecule has 16 heavy (non-hydrogen) atoms. The lowest BCUT2D eigenvalue weighted by atomic mass is 10.1. The summed E-state index contributed by atoms with van der Waals surface area (Å²) in [5.41, 5.74) is 6.91. The Bertz CT molecular complexity index is 387. The summed E-state index contributed by atoms with van der Waals surface area (Å²) < 4.78 is 0. The van der Waals surface area contributed by atoms with Crippen LogP contribution < -0.4 is 11.1 Å². The minimum Gasteiger partial charge on any atom is -0.366 e. The summed E-state index contributed by atoms with van der Waals surface area (Å²) in [6.07, 6.45) is 6.63. The van der Waals surface area contributed by atoms with E-state index in [0.29, 0.717) is 11.6 Å². The second-order valence-corrected chi connectivity index (χ2v) is 4.08. The zero-order valence-electron chi connectivity index (χ0n) is 9.15. The van der Waals surface area contributed by atoms with Crippen LogP contribution >= 0.6 is 0 Å². The number of benzene rings is 1. The van der Waals surface area contributed by atoms with Gasteiger partial charge in [0, 0.05) is 18.2 Å². The molecule has 1 aliphatic carbocycles. The number of amides is 1. The van der Waals surface area contributed by atoms with E-state index in [1.54, 1.807) is 12.1 Å². The topological polar surface area (TPSA) is 55.1 Å². The van der Waals surface area contributed by atoms with Gasteiger partial charge in [0.25, 0.3) is 0 Å². The Morgan fingerprint density at radius 2 is 1.88 bits per heavy atom. The molecule has 1 amide bonds. The van der Waals surface area contributed by atoms with Crippen LogP contribution in [0.25, 0.3) is 0 Å². The number of hydrogen-bond acceptors (Lipinski definition) is 2. The van der Waals surface area contributed by atoms with E-state index in [4.69, 9.17) is 5.73 Å². The van der Waals surface area contributed by atoms with Crippen LogP contribution in [0, 0.1) is 0 Å². The van der Waals surface area contributed by atoms with Gasteiger partial charge in [-0.2, -0.15) is 0 Å². The van der Waals surface area contributed by atoms with E-state index < -0.39 is 0 Å². The first kappa shape index (κ1) is 10.9. The molecule has 84 valence electrons. The van der Waals surface area contributed by atoms with E-state index >= 15 is 0 Å². The highest BCUT2D eigenvalue weighted by molar-refractivity contribution is 5.92. The summed E-state index contributed by atoms with van der Waals surface area (Å²) >= 11 is 0. The molecule has 3 heteroatoms. The van der Waals surface area contributed by atoms with Crippen molar-refractivity contribution in [2.24, 2.45) is 5.73 Å². The average Bonchev–Trinajstić information content (AvgIpc) is 2.80. The van der Waals surface area contributed by atoms with Gasteiger partial charge >= 0.3 is 0 Å². The maximum absolute atomic E-state index is 10.9. The molecular weight excluding hydrogens is 200 g/mol. The summed E-state index contributed by atoms with van der Waals surface area (Å²) in [7, 11) is 0. The van der Waals surface area contributed by atoms with Crippen LogP contribution in [0.5, 0.6) is 0 Å². The Labute approximate surface area is 95.3 Å². The number of primary amides is 1. The molecule has 3 N–H and O–H groups in total. The van der Waals surface area contributed by atoms with Crippen molar-refractivity contribution in [3.8, 4) is 0 Å². The number of nitrogens with two attached hydrogens (primary N) is 1. The second-order valence-electron chi connectivity index (χ2n) is 4.08. The van der Waals surface area contributed by atoms with E-state index in [0.717, 1.165) is 19.4 Å². The van der Waals surface area contributed by atoms with Gasteiger partial charge in [-0.1, -0.05) is 24.3 Å².